The van der Waals surface area contributed by atoms with Crippen molar-refractivity contribution in [2.45, 2.75) is 31.0 Å². The Hall–Kier alpha value is -0.700. The third kappa shape index (κ3) is 3.65. The number of ether oxygens (including phenoxy) is 1. The lowest BCUT2D eigenvalue weighted by molar-refractivity contribution is -0.141. The minimum atomic E-state index is -3.81. The van der Waals surface area contributed by atoms with Crippen molar-refractivity contribution in [1.82, 2.24) is 9.29 Å². The molecule has 0 bridgehead atoms. The van der Waals surface area contributed by atoms with E-state index in [0.29, 0.717) is 5.69 Å². The van der Waals surface area contributed by atoms with Crippen molar-refractivity contribution in [1.29, 1.82) is 0 Å². The van der Waals surface area contributed by atoms with E-state index in [9.17, 15) is 13.2 Å². The fourth-order valence-electron chi connectivity index (χ4n) is 1.43. The fourth-order valence-corrected chi connectivity index (χ4v) is 4.87. The lowest BCUT2D eigenvalue weighted by Crippen LogP contribution is -2.40. The maximum Gasteiger partial charge on any atom is 0.321 e. The van der Waals surface area contributed by atoms with Crippen LogP contribution in [0.5, 0.6) is 0 Å². The molecule has 0 amide bonds. The van der Waals surface area contributed by atoms with E-state index in [1.807, 2.05) is 0 Å². The van der Waals surface area contributed by atoms with Crippen LogP contribution in [0.1, 0.15) is 19.5 Å². The molecule has 0 aliphatic carbocycles. The molecule has 0 fully saturated rings. The first-order valence-electron chi connectivity index (χ1n) is 5.41. The number of nitrogens with zero attached hydrogens (tertiary/aromatic N) is 2. The highest BCUT2D eigenvalue weighted by Gasteiger charge is 2.32. The Bertz CT molecular complexity index is 568. The van der Waals surface area contributed by atoms with Crippen molar-refractivity contribution >= 4 is 38.9 Å². The molecule has 0 N–H and O–H groups in total. The monoisotopic (exact) mass is 326 g/mol. The second-order valence-electron chi connectivity index (χ2n) is 4.06. The average Bonchev–Trinajstić information content (AvgIpc) is 2.65. The van der Waals surface area contributed by atoms with E-state index in [4.69, 9.17) is 11.6 Å². The van der Waals surface area contributed by atoms with Gasteiger partial charge in [-0.1, -0.05) is 22.9 Å². The minimum absolute atomic E-state index is 0.0510. The molecule has 0 aliphatic heterocycles. The van der Waals surface area contributed by atoms with Crippen LogP contribution >= 0.6 is 22.9 Å². The van der Waals surface area contributed by atoms with Crippen LogP contribution in [0.15, 0.2) is 4.21 Å². The summed E-state index contributed by atoms with van der Waals surface area (Å²) >= 11 is 6.60. The fraction of sp³-hybridized carbons (Fsp3) is 0.600. The SMILES string of the molecule is COC(=O)CN(C(C)C)S(=O)(=O)c1sc(Cl)nc1C. The van der Waals surface area contributed by atoms with Gasteiger partial charge in [0, 0.05) is 6.04 Å². The van der Waals surface area contributed by atoms with Crippen LogP contribution in [-0.2, 0) is 19.6 Å². The normalized spacial score (nSPS) is 12.2. The number of aryl methyl sites for hydroxylation is 1. The van der Waals surface area contributed by atoms with Gasteiger partial charge in [0.05, 0.1) is 12.8 Å². The average molecular weight is 327 g/mol. The number of carbonyl (C=O) groups is 1. The molecule has 0 radical (unpaired) electrons. The Labute approximate surface area is 121 Å². The number of hydrogen-bond acceptors (Lipinski definition) is 6. The molecule has 0 aromatic carbocycles. The van der Waals surface area contributed by atoms with Crippen LogP contribution in [0.3, 0.4) is 0 Å². The molecule has 0 saturated heterocycles. The number of esters is 1. The number of sulfonamides is 1. The number of rotatable bonds is 5. The third-order valence-corrected chi connectivity index (χ3v) is 6.23. The summed E-state index contributed by atoms with van der Waals surface area (Å²) in [4.78, 5) is 15.2. The van der Waals surface area contributed by atoms with E-state index in [1.165, 1.54) is 7.11 Å². The molecule has 1 aromatic rings. The van der Waals surface area contributed by atoms with Crippen molar-refractivity contribution in [2.24, 2.45) is 0 Å². The van der Waals surface area contributed by atoms with Gasteiger partial charge < -0.3 is 4.74 Å². The van der Waals surface area contributed by atoms with Gasteiger partial charge in [0.2, 0.25) is 0 Å². The van der Waals surface area contributed by atoms with Gasteiger partial charge in [0.15, 0.2) is 8.68 Å². The van der Waals surface area contributed by atoms with E-state index >= 15 is 0 Å². The van der Waals surface area contributed by atoms with Crippen molar-refractivity contribution in [3.63, 3.8) is 0 Å². The van der Waals surface area contributed by atoms with Crippen molar-refractivity contribution in [3.05, 3.63) is 10.2 Å². The third-order valence-electron chi connectivity index (χ3n) is 2.36. The van der Waals surface area contributed by atoms with Gasteiger partial charge in [-0.05, 0) is 20.8 Å². The molecule has 1 heterocycles. The molecule has 0 aliphatic rings. The van der Waals surface area contributed by atoms with E-state index in [-0.39, 0.29) is 21.3 Å². The molecule has 0 unspecified atom stereocenters. The maximum atomic E-state index is 12.5. The second kappa shape index (κ2) is 6.17. The summed E-state index contributed by atoms with van der Waals surface area (Å²) in [5.41, 5.74) is 0.325. The smallest absolute Gasteiger partial charge is 0.321 e. The van der Waals surface area contributed by atoms with Crippen molar-refractivity contribution in [2.75, 3.05) is 13.7 Å². The van der Waals surface area contributed by atoms with Crippen molar-refractivity contribution < 1.29 is 17.9 Å². The molecular formula is C10H15ClN2O4S2. The molecule has 0 atom stereocenters. The highest BCUT2D eigenvalue weighted by molar-refractivity contribution is 7.91. The number of thiazole rings is 1. The largest absolute Gasteiger partial charge is 0.468 e. The van der Waals surface area contributed by atoms with Gasteiger partial charge >= 0.3 is 5.97 Å². The van der Waals surface area contributed by atoms with E-state index in [1.54, 1.807) is 20.8 Å². The van der Waals surface area contributed by atoms with Crippen molar-refractivity contribution in [3.8, 4) is 0 Å². The maximum absolute atomic E-state index is 12.5. The number of hydrogen-bond donors (Lipinski definition) is 0. The second-order valence-corrected chi connectivity index (χ2v) is 7.73. The van der Waals surface area contributed by atoms with Gasteiger partial charge in [-0.3, -0.25) is 4.79 Å². The quantitative estimate of drug-likeness (QED) is 0.769. The topological polar surface area (TPSA) is 76.6 Å². The lowest BCUT2D eigenvalue weighted by Gasteiger charge is -2.23. The summed E-state index contributed by atoms with van der Waals surface area (Å²) in [6, 6.07) is -0.385. The summed E-state index contributed by atoms with van der Waals surface area (Å²) in [5.74, 6) is -0.620. The van der Waals surface area contributed by atoms with E-state index < -0.39 is 16.0 Å². The Morgan fingerprint density at radius 1 is 1.53 bits per heavy atom. The first-order chi connectivity index (χ1) is 8.70. The van der Waals surface area contributed by atoms with Crippen LogP contribution < -0.4 is 0 Å². The highest BCUT2D eigenvalue weighted by atomic mass is 35.5. The molecule has 19 heavy (non-hydrogen) atoms. The molecule has 0 spiro atoms. The minimum Gasteiger partial charge on any atom is -0.468 e. The van der Waals surface area contributed by atoms with Crippen LogP contribution in [0, 0.1) is 6.92 Å². The summed E-state index contributed by atoms with van der Waals surface area (Å²) in [6.45, 7) is 4.58. The van der Waals surface area contributed by atoms with Gasteiger partial charge in [0.25, 0.3) is 10.0 Å². The number of aromatic nitrogens is 1. The summed E-state index contributed by atoms with van der Waals surface area (Å²) in [5, 5.41) is 0. The van der Waals surface area contributed by atoms with E-state index in [0.717, 1.165) is 15.6 Å². The summed E-state index contributed by atoms with van der Waals surface area (Å²) in [6.07, 6.45) is 0. The number of methoxy groups -OCH3 is 1. The summed E-state index contributed by atoms with van der Waals surface area (Å²) < 4.78 is 30.8. The molecule has 1 aromatic heterocycles. The Kier molecular flexibility index (Phi) is 5.31. The molecular weight excluding hydrogens is 312 g/mol. The molecule has 6 nitrogen and oxygen atoms in total. The first-order valence-corrected chi connectivity index (χ1v) is 8.05. The molecule has 108 valence electrons. The first kappa shape index (κ1) is 16.4. The Morgan fingerprint density at radius 2 is 2.11 bits per heavy atom. The zero-order valence-corrected chi connectivity index (χ0v) is 13.4. The van der Waals surface area contributed by atoms with Gasteiger partial charge in [-0.2, -0.15) is 4.31 Å². The predicted octanol–water partition coefficient (Wildman–Crippen LogP) is 1.68. The predicted molar refractivity (Wildman–Crippen MR) is 72.9 cm³/mol. The number of carbonyl (C=O) groups excluding carboxylic acids is 1. The zero-order chi connectivity index (χ0) is 14.8. The van der Waals surface area contributed by atoms with Gasteiger partial charge in [-0.15, -0.1) is 0 Å². The molecule has 0 saturated carbocycles. The van der Waals surface area contributed by atoms with Crippen LogP contribution in [0.4, 0.5) is 0 Å². The highest BCUT2D eigenvalue weighted by Crippen LogP contribution is 2.30. The molecule has 9 heteroatoms. The van der Waals surface area contributed by atoms with Gasteiger partial charge in [0.1, 0.15) is 6.54 Å². The van der Waals surface area contributed by atoms with Crippen LogP contribution in [0.25, 0.3) is 0 Å². The Balaban J connectivity index is 3.21. The number of halogens is 1. The van der Waals surface area contributed by atoms with E-state index in [2.05, 4.69) is 9.72 Å². The molecule has 1 rings (SSSR count). The van der Waals surface area contributed by atoms with Gasteiger partial charge in [-0.25, -0.2) is 13.4 Å². The van der Waals surface area contributed by atoms with Crippen LogP contribution in [0.2, 0.25) is 4.47 Å². The van der Waals surface area contributed by atoms with Crippen LogP contribution in [-0.4, -0.2) is 43.4 Å². The Morgan fingerprint density at radius 3 is 2.47 bits per heavy atom. The lowest BCUT2D eigenvalue weighted by atomic mass is 10.4. The summed E-state index contributed by atoms with van der Waals surface area (Å²) in [7, 11) is -2.60. The zero-order valence-electron chi connectivity index (χ0n) is 11.0. The standard InChI is InChI=1S/C10H15ClN2O4S2/c1-6(2)13(5-8(14)17-4)19(15,16)9-7(3)12-10(11)18-9/h6H,5H2,1-4H3.